The number of carbonyl (C=O) groups is 2. The highest BCUT2D eigenvalue weighted by molar-refractivity contribution is 6.35. The molecule has 0 atom stereocenters. The van der Waals surface area contributed by atoms with Crippen LogP contribution in [0.4, 0.5) is 0 Å². The molecule has 0 heterocycles. The van der Waals surface area contributed by atoms with Gasteiger partial charge in [0.05, 0.1) is 5.56 Å². The highest BCUT2D eigenvalue weighted by atomic mass is 35.5. The van der Waals surface area contributed by atoms with Gasteiger partial charge in [0, 0.05) is 42.7 Å². The third-order valence-corrected chi connectivity index (χ3v) is 4.49. The number of benzene rings is 2. The van der Waals surface area contributed by atoms with E-state index in [-0.39, 0.29) is 18.4 Å². The van der Waals surface area contributed by atoms with Gasteiger partial charge >= 0.3 is 0 Å². The topological polar surface area (TPSA) is 58.6 Å². The van der Waals surface area contributed by atoms with E-state index in [1.807, 2.05) is 6.07 Å². The van der Waals surface area contributed by atoms with Crippen LogP contribution in [0.5, 0.6) is 5.75 Å². The van der Waals surface area contributed by atoms with E-state index in [1.165, 1.54) is 6.92 Å². The van der Waals surface area contributed by atoms with Crippen molar-refractivity contribution in [1.82, 2.24) is 10.2 Å². The van der Waals surface area contributed by atoms with E-state index in [9.17, 15) is 9.59 Å². The molecule has 0 aromatic heterocycles. The fourth-order valence-corrected chi connectivity index (χ4v) is 2.91. The minimum absolute atomic E-state index is 0.0800. The standard InChI is InChI=1S/C20H22Cl2N2O3/c1-14(25)23-10-5-11-24(2)20(26)17-6-3-4-7-19(17)27-13-15-8-9-16(21)12-18(15)22/h3-4,6-9,12H,5,10-11,13H2,1-2H3,(H,23,25). The van der Waals surface area contributed by atoms with E-state index in [1.54, 1.807) is 48.3 Å². The summed E-state index contributed by atoms with van der Waals surface area (Å²) in [7, 11) is 1.73. The van der Waals surface area contributed by atoms with Gasteiger partial charge in [0.15, 0.2) is 0 Å². The summed E-state index contributed by atoms with van der Waals surface area (Å²) in [6.45, 7) is 2.75. The Labute approximate surface area is 169 Å². The molecule has 2 amide bonds. The van der Waals surface area contributed by atoms with Crippen LogP contribution < -0.4 is 10.1 Å². The quantitative estimate of drug-likeness (QED) is 0.666. The number of nitrogens with one attached hydrogen (secondary N) is 1. The molecule has 0 unspecified atom stereocenters. The molecule has 1 N–H and O–H groups in total. The van der Waals surface area contributed by atoms with Gasteiger partial charge in [0.25, 0.3) is 5.91 Å². The van der Waals surface area contributed by atoms with Crippen LogP contribution in [0.25, 0.3) is 0 Å². The maximum Gasteiger partial charge on any atom is 0.257 e. The Morgan fingerprint density at radius 1 is 1.15 bits per heavy atom. The first kappa shape index (κ1) is 21.1. The maximum absolute atomic E-state index is 12.7. The molecule has 27 heavy (non-hydrogen) atoms. The molecular weight excluding hydrogens is 387 g/mol. The van der Waals surface area contributed by atoms with Crippen molar-refractivity contribution in [3.63, 3.8) is 0 Å². The van der Waals surface area contributed by atoms with Crippen molar-refractivity contribution < 1.29 is 14.3 Å². The summed E-state index contributed by atoms with van der Waals surface area (Å²) in [5.41, 5.74) is 1.26. The van der Waals surface area contributed by atoms with Gasteiger partial charge in [-0.25, -0.2) is 0 Å². The number of amides is 2. The third-order valence-electron chi connectivity index (χ3n) is 3.91. The number of nitrogens with zero attached hydrogens (tertiary/aromatic N) is 1. The van der Waals surface area contributed by atoms with E-state index in [0.717, 1.165) is 5.56 Å². The van der Waals surface area contributed by atoms with Crippen LogP contribution in [-0.4, -0.2) is 36.9 Å². The molecule has 0 aliphatic rings. The monoisotopic (exact) mass is 408 g/mol. The van der Waals surface area contributed by atoms with Crippen molar-refractivity contribution in [3.8, 4) is 5.75 Å². The van der Waals surface area contributed by atoms with Gasteiger partial charge in [-0.2, -0.15) is 0 Å². The summed E-state index contributed by atoms with van der Waals surface area (Å²) < 4.78 is 5.84. The second-order valence-electron chi connectivity index (χ2n) is 6.08. The molecule has 0 bridgehead atoms. The summed E-state index contributed by atoms with van der Waals surface area (Å²) in [6.07, 6.45) is 0.672. The first-order valence-electron chi connectivity index (χ1n) is 8.54. The van der Waals surface area contributed by atoms with Gasteiger partial charge in [-0.15, -0.1) is 0 Å². The maximum atomic E-state index is 12.7. The molecular formula is C20H22Cl2N2O3. The van der Waals surface area contributed by atoms with Crippen LogP contribution in [0, 0.1) is 0 Å². The Morgan fingerprint density at radius 2 is 1.89 bits per heavy atom. The fraction of sp³-hybridized carbons (Fsp3) is 0.300. The average molecular weight is 409 g/mol. The van der Waals surface area contributed by atoms with Crippen LogP contribution >= 0.6 is 23.2 Å². The highest BCUT2D eigenvalue weighted by Crippen LogP contribution is 2.25. The Balaban J connectivity index is 2.01. The molecule has 2 rings (SSSR count). The fourth-order valence-electron chi connectivity index (χ4n) is 2.45. The van der Waals surface area contributed by atoms with E-state index in [2.05, 4.69) is 5.32 Å². The lowest BCUT2D eigenvalue weighted by Crippen LogP contribution is -2.31. The zero-order valence-electron chi connectivity index (χ0n) is 15.3. The van der Waals surface area contributed by atoms with Crippen LogP contribution in [-0.2, 0) is 11.4 Å². The lowest BCUT2D eigenvalue weighted by Gasteiger charge is -2.19. The van der Waals surface area contributed by atoms with Crippen molar-refractivity contribution in [3.05, 3.63) is 63.6 Å². The molecule has 0 radical (unpaired) electrons. The molecule has 0 fully saturated rings. The van der Waals surface area contributed by atoms with Crippen LogP contribution in [0.15, 0.2) is 42.5 Å². The SMILES string of the molecule is CC(=O)NCCCN(C)C(=O)c1ccccc1OCc1ccc(Cl)cc1Cl. The number of para-hydroxylation sites is 1. The minimum atomic E-state index is -0.143. The Morgan fingerprint density at radius 3 is 2.59 bits per heavy atom. The molecule has 7 heteroatoms. The second-order valence-corrected chi connectivity index (χ2v) is 6.93. The largest absolute Gasteiger partial charge is 0.488 e. The molecule has 0 saturated heterocycles. The van der Waals surface area contributed by atoms with Crippen molar-refractivity contribution in [2.24, 2.45) is 0 Å². The molecule has 144 valence electrons. The Kier molecular flexibility index (Phi) is 7.95. The van der Waals surface area contributed by atoms with Gasteiger partial charge in [-0.1, -0.05) is 41.4 Å². The summed E-state index contributed by atoms with van der Waals surface area (Å²) in [5, 5.41) is 3.79. The third kappa shape index (κ3) is 6.45. The van der Waals surface area contributed by atoms with E-state index in [0.29, 0.717) is 40.9 Å². The Bertz CT molecular complexity index is 812. The normalized spacial score (nSPS) is 10.4. The number of carbonyl (C=O) groups excluding carboxylic acids is 2. The molecule has 5 nitrogen and oxygen atoms in total. The van der Waals surface area contributed by atoms with Gasteiger partial charge < -0.3 is 15.0 Å². The zero-order valence-corrected chi connectivity index (χ0v) is 16.8. The van der Waals surface area contributed by atoms with Crippen molar-refractivity contribution in [2.75, 3.05) is 20.1 Å². The first-order valence-corrected chi connectivity index (χ1v) is 9.29. The van der Waals surface area contributed by atoms with Gasteiger partial charge in [-0.05, 0) is 30.7 Å². The molecule has 0 spiro atoms. The summed E-state index contributed by atoms with van der Waals surface area (Å²) in [4.78, 5) is 25.2. The molecule has 0 aliphatic heterocycles. The summed E-state index contributed by atoms with van der Waals surface area (Å²) in [6, 6.07) is 12.3. The van der Waals surface area contributed by atoms with Crippen molar-refractivity contribution >= 4 is 35.0 Å². The van der Waals surface area contributed by atoms with Crippen molar-refractivity contribution in [2.45, 2.75) is 20.0 Å². The van der Waals surface area contributed by atoms with Crippen LogP contribution in [0.1, 0.15) is 29.3 Å². The van der Waals surface area contributed by atoms with E-state index >= 15 is 0 Å². The molecule has 0 aliphatic carbocycles. The smallest absolute Gasteiger partial charge is 0.257 e. The second kappa shape index (κ2) is 10.2. The van der Waals surface area contributed by atoms with Crippen LogP contribution in [0.3, 0.4) is 0 Å². The Hall–Kier alpha value is -2.24. The van der Waals surface area contributed by atoms with Gasteiger partial charge in [0.2, 0.25) is 5.91 Å². The summed E-state index contributed by atoms with van der Waals surface area (Å²) >= 11 is 12.1. The predicted octanol–water partition coefficient (Wildman–Crippen LogP) is 4.17. The first-order chi connectivity index (χ1) is 12.9. The lowest BCUT2D eigenvalue weighted by atomic mass is 10.1. The van der Waals surface area contributed by atoms with E-state index in [4.69, 9.17) is 27.9 Å². The molecule has 0 saturated carbocycles. The average Bonchev–Trinajstić information content (AvgIpc) is 2.64. The van der Waals surface area contributed by atoms with Crippen LogP contribution in [0.2, 0.25) is 10.0 Å². The van der Waals surface area contributed by atoms with Crippen molar-refractivity contribution in [1.29, 1.82) is 0 Å². The number of rotatable bonds is 8. The van der Waals surface area contributed by atoms with E-state index < -0.39 is 0 Å². The summed E-state index contributed by atoms with van der Waals surface area (Å²) in [5.74, 6) is 0.265. The lowest BCUT2D eigenvalue weighted by molar-refractivity contribution is -0.118. The zero-order chi connectivity index (χ0) is 19.8. The molecule has 2 aromatic rings. The predicted molar refractivity (Wildman–Crippen MR) is 107 cm³/mol. The molecule has 2 aromatic carbocycles. The highest BCUT2D eigenvalue weighted by Gasteiger charge is 2.16. The van der Waals surface area contributed by atoms with Gasteiger partial charge in [-0.3, -0.25) is 9.59 Å². The minimum Gasteiger partial charge on any atom is -0.488 e. The number of hydrogen-bond acceptors (Lipinski definition) is 3. The number of halogens is 2. The van der Waals surface area contributed by atoms with Gasteiger partial charge in [0.1, 0.15) is 12.4 Å². The number of ether oxygens (including phenoxy) is 1. The number of hydrogen-bond donors (Lipinski definition) is 1.